The Bertz CT molecular complexity index is 637. The van der Waals surface area contributed by atoms with E-state index < -0.39 is 0 Å². The van der Waals surface area contributed by atoms with E-state index in [4.69, 9.17) is 0 Å². The number of thiophene rings is 1. The number of fused-ring (bicyclic) bond motifs is 1. The summed E-state index contributed by atoms with van der Waals surface area (Å²) in [5.41, 5.74) is 2.82. The van der Waals surface area contributed by atoms with E-state index in [1.807, 2.05) is 13.0 Å². The molecule has 0 spiro atoms. The maximum atomic E-state index is 12.3. The standard InChI is InChI=1S/C16H17NO2S/c1-10-8-12(6-7-13(10)18)17-16(19)15-9-11-4-2-3-5-14(11)20-15/h6-9,18H,2-5H2,1H3,(H,17,19). The summed E-state index contributed by atoms with van der Waals surface area (Å²) in [6.45, 7) is 1.81. The number of hydrogen-bond acceptors (Lipinski definition) is 3. The Morgan fingerprint density at radius 2 is 2.05 bits per heavy atom. The Balaban J connectivity index is 1.78. The predicted molar refractivity (Wildman–Crippen MR) is 81.8 cm³/mol. The first-order valence-electron chi connectivity index (χ1n) is 6.86. The zero-order valence-corrected chi connectivity index (χ0v) is 12.2. The third kappa shape index (κ3) is 2.56. The lowest BCUT2D eigenvalue weighted by molar-refractivity contribution is 0.103. The summed E-state index contributed by atoms with van der Waals surface area (Å²) < 4.78 is 0. The Morgan fingerprint density at radius 3 is 2.80 bits per heavy atom. The van der Waals surface area contributed by atoms with Crippen molar-refractivity contribution in [3.05, 3.63) is 45.1 Å². The number of benzene rings is 1. The number of amides is 1. The van der Waals surface area contributed by atoms with E-state index in [0.717, 1.165) is 29.0 Å². The van der Waals surface area contributed by atoms with Crippen LogP contribution in [0.2, 0.25) is 0 Å². The molecule has 1 aromatic heterocycles. The minimum absolute atomic E-state index is 0.0607. The number of carbonyl (C=O) groups is 1. The Morgan fingerprint density at radius 1 is 1.25 bits per heavy atom. The number of aryl methyl sites for hydroxylation is 3. The molecule has 0 saturated heterocycles. The molecule has 2 aromatic rings. The van der Waals surface area contributed by atoms with Gasteiger partial charge < -0.3 is 10.4 Å². The first kappa shape index (κ1) is 13.2. The highest BCUT2D eigenvalue weighted by Crippen LogP contribution is 2.30. The van der Waals surface area contributed by atoms with Crippen LogP contribution in [0.15, 0.2) is 24.3 Å². The fraction of sp³-hybridized carbons (Fsp3) is 0.312. The lowest BCUT2D eigenvalue weighted by Gasteiger charge is -2.08. The number of phenols is 1. The highest BCUT2D eigenvalue weighted by atomic mass is 32.1. The number of rotatable bonds is 2. The van der Waals surface area contributed by atoms with Gasteiger partial charge >= 0.3 is 0 Å². The lowest BCUT2D eigenvalue weighted by atomic mass is 9.99. The molecule has 0 bridgehead atoms. The molecule has 1 heterocycles. The third-order valence-electron chi connectivity index (χ3n) is 3.68. The van der Waals surface area contributed by atoms with Gasteiger partial charge in [0.1, 0.15) is 5.75 Å². The molecule has 0 atom stereocenters. The van der Waals surface area contributed by atoms with Crippen molar-refractivity contribution in [1.29, 1.82) is 0 Å². The van der Waals surface area contributed by atoms with Gasteiger partial charge in [0.15, 0.2) is 0 Å². The number of hydrogen-bond donors (Lipinski definition) is 2. The summed E-state index contributed by atoms with van der Waals surface area (Å²) in [6.07, 6.45) is 4.65. The topological polar surface area (TPSA) is 49.3 Å². The predicted octanol–water partition coefficient (Wildman–Crippen LogP) is 3.89. The van der Waals surface area contributed by atoms with Gasteiger partial charge in [0, 0.05) is 10.6 Å². The summed E-state index contributed by atoms with van der Waals surface area (Å²) in [6, 6.07) is 7.13. The van der Waals surface area contributed by atoms with Crippen LogP contribution in [0.3, 0.4) is 0 Å². The number of aromatic hydroxyl groups is 1. The lowest BCUT2D eigenvalue weighted by Crippen LogP contribution is -2.10. The minimum Gasteiger partial charge on any atom is -0.508 e. The van der Waals surface area contributed by atoms with Crippen LogP contribution in [0.1, 0.15) is 38.5 Å². The molecular formula is C16H17NO2S. The van der Waals surface area contributed by atoms with E-state index in [1.54, 1.807) is 29.5 Å². The summed E-state index contributed by atoms with van der Waals surface area (Å²) >= 11 is 1.61. The molecule has 0 fully saturated rings. The Labute approximate surface area is 122 Å². The van der Waals surface area contributed by atoms with Gasteiger partial charge in [-0.3, -0.25) is 4.79 Å². The van der Waals surface area contributed by atoms with Crippen molar-refractivity contribution in [3.63, 3.8) is 0 Å². The quantitative estimate of drug-likeness (QED) is 0.823. The molecule has 4 heteroatoms. The SMILES string of the molecule is Cc1cc(NC(=O)c2cc3c(s2)CCCC3)ccc1O. The largest absolute Gasteiger partial charge is 0.508 e. The highest BCUT2D eigenvalue weighted by molar-refractivity contribution is 7.14. The van der Waals surface area contributed by atoms with Crippen molar-refractivity contribution in [2.75, 3.05) is 5.32 Å². The van der Waals surface area contributed by atoms with E-state index >= 15 is 0 Å². The molecule has 1 aromatic carbocycles. The highest BCUT2D eigenvalue weighted by Gasteiger charge is 2.17. The second kappa shape index (κ2) is 5.29. The van der Waals surface area contributed by atoms with E-state index in [-0.39, 0.29) is 11.7 Å². The first-order valence-corrected chi connectivity index (χ1v) is 7.67. The second-order valence-corrected chi connectivity index (χ2v) is 6.36. The summed E-state index contributed by atoms with van der Waals surface area (Å²) in [4.78, 5) is 14.4. The van der Waals surface area contributed by atoms with Crippen molar-refractivity contribution >= 4 is 22.9 Å². The van der Waals surface area contributed by atoms with E-state index in [0.29, 0.717) is 0 Å². The average Bonchev–Trinajstić information content (AvgIpc) is 2.87. The van der Waals surface area contributed by atoms with Gasteiger partial charge in [0.2, 0.25) is 0 Å². The summed E-state index contributed by atoms with van der Waals surface area (Å²) in [7, 11) is 0. The smallest absolute Gasteiger partial charge is 0.265 e. The molecule has 0 radical (unpaired) electrons. The molecule has 1 amide bonds. The van der Waals surface area contributed by atoms with Crippen LogP contribution in [-0.4, -0.2) is 11.0 Å². The first-order chi connectivity index (χ1) is 9.63. The summed E-state index contributed by atoms with van der Waals surface area (Å²) in [5.74, 6) is 0.184. The van der Waals surface area contributed by atoms with Crippen molar-refractivity contribution in [2.45, 2.75) is 32.6 Å². The van der Waals surface area contributed by atoms with Crippen LogP contribution >= 0.6 is 11.3 Å². The van der Waals surface area contributed by atoms with Crippen LogP contribution < -0.4 is 5.32 Å². The van der Waals surface area contributed by atoms with Gasteiger partial charge in [-0.2, -0.15) is 0 Å². The molecule has 2 N–H and O–H groups in total. The van der Waals surface area contributed by atoms with Crippen LogP contribution in [0.5, 0.6) is 5.75 Å². The number of carbonyl (C=O) groups excluding carboxylic acids is 1. The minimum atomic E-state index is -0.0607. The Hall–Kier alpha value is -1.81. The molecule has 0 aliphatic heterocycles. The van der Waals surface area contributed by atoms with E-state index in [9.17, 15) is 9.90 Å². The van der Waals surface area contributed by atoms with Crippen molar-refractivity contribution in [3.8, 4) is 5.75 Å². The average molecular weight is 287 g/mol. The molecular weight excluding hydrogens is 270 g/mol. The maximum absolute atomic E-state index is 12.3. The normalized spacial score (nSPS) is 13.8. The van der Waals surface area contributed by atoms with Gasteiger partial charge in [0.25, 0.3) is 5.91 Å². The van der Waals surface area contributed by atoms with Gasteiger partial charge in [-0.15, -0.1) is 11.3 Å². The zero-order chi connectivity index (χ0) is 14.1. The van der Waals surface area contributed by atoms with Crippen molar-refractivity contribution < 1.29 is 9.90 Å². The van der Waals surface area contributed by atoms with Crippen LogP contribution in [0.25, 0.3) is 0 Å². The molecule has 0 unspecified atom stereocenters. The van der Waals surface area contributed by atoms with Crippen LogP contribution in [0.4, 0.5) is 5.69 Å². The van der Waals surface area contributed by atoms with Crippen LogP contribution in [0, 0.1) is 6.92 Å². The van der Waals surface area contributed by atoms with E-state index in [1.165, 1.54) is 23.3 Å². The number of nitrogens with one attached hydrogen (secondary N) is 1. The number of anilines is 1. The third-order valence-corrected chi connectivity index (χ3v) is 4.91. The van der Waals surface area contributed by atoms with Gasteiger partial charge in [0.05, 0.1) is 4.88 Å². The van der Waals surface area contributed by atoms with Gasteiger partial charge in [-0.25, -0.2) is 0 Å². The molecule has 1 aliphatic carbocycles. The van der Waals surface area contributed by atoms with Crippen molar-refractivity contribution in [1.82, 2.24) is 0 Å². The molecule has 1 aliphatic rings. The van der Waals surface area contributed by atoms with E-state index in [2.05, 4.69) is 5.32 Å². The zero-order valence-electron chi connectivity index (χ0n) is 11.4. The van der Waals surface area contributed by atoms with Gasteiger partial charge in [-0.05, 0) is 68.0 Å². The monoisotopic (exact) mass is 287 g/mol. The second-order valence-electron chi connectivity index (χ2n) is 5.22. The van der Waals surface area contributed by atoms with Gasteiger partial charge in [-0.1, -0.05) is 0 Å². The molecule has 20 heavy (non-hydrogen) atoms. The fourth-order valence-electron chi connectivity index (χ4n) is 2.53. The fourth-order valence-corrected chi connectivity index (χ4v) is 3.68. The molecule has 3 rings (SSSR count). The summed E-state index contributed by atoms with van der Waals surface area (Å²) in [5, 5.41) is 12.4. The molecule has 104 valence electrons. The molecule has 0 saturated carbocycles. The Kier molecular flexibility index (Phi) is 3.49. The number of phenolic OH excluding ortho intramolecular Hbond substituents is 1. The maximum Gasteiger partial charge on any atom is 0.265 e. The van der Waals surface area contributed by atoms with Crippen LogP contribution in [-0.2, 0) is 12.8 Å². The van der Waals surface area contributed by atoms with Crippen molar-refractivity contribution in [2.24, 2.45) is 0 Å². The molecule has 3 nitrogen and oxygen atoms in total.